The molecule has 0 radical (unpaired) electrons. The molecule has 0 bridgehead atoms. The van der Waals surface area contributed by atoms with Crippen molar-refractivity contribution in [3.05, 3.63) is 0 Å². The van der Waals surface area contributed by atoms with Crippen molar-refractivity contribution < 1.29 is 9.90 Å². The molecule has 0 saturated heterocycles. The van der Waals surface area contributed by atoms with Crippen LogP contribution in [0.5, 0.6) is 0 Å². The van der Waals surface area contributed by atoms with Crippen LogP contribution >= 0.6 is 0 Å². The van der Waals surface area contributed by atoms with Crippen molar-refractivity contribution in [3.63, 3.8) is 0 Å². The van der Waals surface area contributed by atoms with E-state index in [9.17, 15) is 9.90 Å². The van der Waals surface area contributed by atoms with Crippen LogP contribution in [0.1, 0.15) is 53.4 Å². The smallest absolute Gasteiger partial charge is 0.310 e. The van der Waals surface area contributed by atoms with Gasteiger partial charge in [-0.2, -0.15) is 0 Å². The Kier molecular flexibility index (Phi) is 7.39. The zero-order chi connectivity index (χ0) is 12.6. The van der Waals surface area contributed by atoms with Crippen molar-refractivity contribution in [2.24, 2.45) is 11.3 Å². The molecule has 0 aromatic heterocycles. The summed E-state index contributed by atoms with van der Waals surface area (Å²) >= 11 is 0. The van der Waals surface area contributed by atoms with Gasteiger partial charge in [-0.05, 0) is 31.7 Å². The standard InChI is InChI=1S/C13H27NO2/c1-5-8-11(4)9-14-10-13(6-2,7-3)12(15)16/h11,14H,5-10H2,1-4H3,(H,15,16). The molecule has 16 heavy (non-hydrogen) atoms. The first-order chi connectivity index (χ1) is 7.52. The lowest BCUT2D eigenvalue weighted by Gasteiger charge is -2.27. The van der Waals surface area contributed by atoms with Crippen molar-refractivity contribution >= 4 is 5.97 Å². The SMILES string of the molecule is CCCC(C)CNCC(CC)(CC)C(=O)O. The number of aliphatic carboxylic acids is 1. The molecule has 0 amide bonds. The molecule has 0 aliphatic carbocycles. The van der Waals surface area contributed by atoms with Gasteiger partial charge in [-0.15, -0.1) is 0 Å². The molecule has 0 fully saturated rings. The third kappa shape index (κ3) is 4.52. The van der Waals surface area contributed by atoms with Crippen molar-refractivity contribution in [2.45, 2.75) is 53.4 Å². The molecule has 1 unspecified atom stereocenters. The summed E-state index contributed by atoms with van der Waals surface area (Å²) in [5, 5.41) is 12.6. The highest BCUT2D eigenvalue weighted by Crippen LogP contribution is 2.25. The van der Waals surface area contributed by atoms with Crippen LogP contribution in [0.25, 0.3) is 0 Å². The highest BCUT2D eigenvalue weighted by molar-refractivity contribution is 5.74. The lowest BCUT2D eigenvalue weighted by Crippen LogP contribution is -2.41. The average Bonchev–Trinajstić information content (AvgIpc) is 2.25. The second-order valence-corrected chi connectivity index (χ2v) is 4.82. The van der Waals surface area contributed by atoms with E-state index in [1.807, 2.05) is 13.8 Å². The fourth-order valence-electron chi connectivity index (χ4n) is 2.03. The third-order valence-electron chi connectivity index (χ3n) is 3.54. The van der Waals surface area contributed by atoms with Crippen LogP contribution in [0.15, 0.2) is 0 Å². The van der Waals surface area contributed by atoms with Crippen LogP contribution in [0.4, 0.5) is 0 Å². The van der Waals surface area contributed by atoms with E-state index < -0.39 is 11.4 Å². The van der Waals surface area contributed by atoms with E-state index in [1.165, 1.54) is 12.8 Å². The minimum Gasteiger partial charge on any atom is -0.481 e. The summed E-state index contributed by atoms with van der Waals surface area (Å²) in [5.74, 6) is -0.0432. The number of nitrogens with one attached hydrogen (secondary N) is 1. The van der Waals surface area contributed by atoms with Crippen molar-refractivity contribution in [3.8, 4) is 0 Å². The van der Waals surface area contributed by atoms with Crippen molar-refractivity contribution in [2.75, 3.05) is 13.1 Å². The van der Waals surface area contributed by atoms with Gasteiger partial charge < -0.3 is 10.4 Å². The molecular formula is C13H27NO2. The zero-order valence-corrected chi connectivity index (χ0v) is 11.2. The highest BCUT2D eigenvalue weighted by Gasteiger charge is 2.34. The predicted molar refractivity (Wildman–Crippen MR) is 67.6 cm³/mol. The first-order valence-corrected chi connectivity index (χ1v) is 6.46. The molecule has 0 aromatic rings. The molecule has 3 heteroatoms. The quantitative estimate of drug-likeness (QED) is 0.639. The summed E-state index contributed by atoms with van der Waals surface area (Å²) < 4.78 is 0. The number of carboxylic acids is 1. The number of carbonyl (C=O) groups is 1. The van der Waals surface area contributed by atoms with E-state index >= 15 is 0 Å². The topological polar surface area (TPSA) is 49.3 Å². The van der Waals surface area contributed by atoms with Gasteiger partial charge in [0.1, 0.15) is 0 Å². The molecule has 96 valence electrons. The van der Waals surface area contributed by atoms with Gasteiger partial charge in [0.05, 0.1) is 5.41 Å². The van der Waals surface area contributed by atoms with Crippen LogP contribution in [-0.4, -0.2) is 24.2 Å². The van der Waals surface area contributed by atoms with E-state index in [2.05, 4.69) is 19.2 Å². The van der Waals surface area contributed by atoms with Gasteiger partial charge in [-0.1, -0.05) is 34.1 Å². The maximum Gasteiger partial charge on any atom is 0.310 e. The first kappa shape index (κ1) is 15.4. The zero-order valence-electron chi connectivity index (χ0n) is 11.2. The Morgan fingerprint density at radius 3 is 2.25 bits per heavy atom. The predicted octanol–water partition coefficient (Wildman–Crippen LogP) is 2.90. The fraction of sp³-hybridized carbons (Fsp3) is 0.923. The van der Waals surface area contributed by atoms with E-state index in [4.69, 9.17) is 0 Å². The Bertz CT molecular complexity index is 200. The van der Waals surface area contributed by atoms with Crippen LogP contribution < -0.4 is 5.32 Å². The minimum atomic E-state index is -0.673. The van der Waals surface area contributed by atoms with Crippen LogP contribution in [0.2, 0.25) is 0 Å². The number of carboxylic acid groups (broad SMARTS) is 1. The summed E-state index contributed by atoms with van der Waals surface area (Å²) in [6.07, 6.45) is 3.77. The lowest BCUT2D eigenvalue weighted by atomic mass is 9.82. The van der Waals surface area contributed by atoms with Gasteiger partial charge in [-0.25, -0.2) is 0 Å². The average molecular weight is 229 g/mol. The van der Waals surface area contributed by atoms with Gasteiger partial charge in [0.15, 0.2) is 0 Å². The normalized spacial score (nSPS) is 13.8. The Morgan fingerprint density at radius 1 is 1.31 bits per heavy atom. The molecule has 0 spiro atoms. The first-order valence-electron chi connectivity index (χ1n) is 6.46. The summed E-state index contributed by atoms with van der Waals surface area (Å²) in [6, 6.07) is 0. The molecule has 3 nitrogen and oxygen atoms in total. The molecule has 0 heterocycles. The van der Waals surface area contributed by atoms with Crippen molar-refractivity contribution in [1.82, 2.24) is 5.32 Å². The van der Waals surface area contributed by atoms with E-state index in [1.54, 1.807) is 0 Å². The fourth-order valence-corrected chi connectivity index (χ4v) is 2.03. The van der Waals surface area contributed by atoms with Gasteiger partial charge in [-0.3, -0.25) is 4.79 Å². The molecule has 0 saturated carbocycles. The largest absolute Gasteiger partial charge is 0.481 e. The highest BCUT2D eigenvalue weighted by atomic mass is 16.4. The van der Waals surface area contributed by atoms with Gasteiger partial charge in [0.2, 0.25) is 0 Å². The maximum atomic E-state index is 11.2. The Morgan fingerprint density at radius 2 is 1.88 bits per heavy atom. The summed E-state index contributed by atoms with van der Waals surface area (Å²) in [6.45, 7) is 9.79. The summed E-state index contributed by atoms with van der Waals surface area (Å²) in [7, 11) is 0. The Hall–Kier alpha value is -0.570. The van der Waals surface area contributed by atoms with Gasteiger partial charge in [0.25, 0.3) is 0 Å². The van der Waals surface area contributed by atoms with Crippen molar-refractivity contribution in [1.29, 1.82) is 0 Å². The molecule has 0 aliphatic rings. The molecule has 0 aromatic carbocycles. The van der Waals surface area contributed by atoms with E-state index in [-0.39, 0.29) is 0 Å². The minimum absolute atomic E-state index is 0.577. The van der Waals surface area contributed by atoms with E-state index in [0.717, 1.165) is 6.54 Å². The number of hydrogen-bond donors (Lipinski definition) is 2. The van der Waals surface area contributed by atoms with Crippen LogP contribution in [0.3, 0.4) is 0 Å². The molecule has 0 aliphatic heterocycles. The second-order valence-electron chi connectivity index (χ2n) is 4.82. The maximum absolute atomic E-state index is 11.2. The summed E-state index contributed by atoms with van der Waals surface area (Å²) in [4.78, 5) is 11.2. The Labute approximate surface area is 99.6 Å². The second kappa shape index (κ2) is 7.66. The van der Waals surface area contributed by atoms with Crippen LogP contribution in [0, 0.1) is 11.3 Å². The van der Waals surface area contributed by atoms with Crippen LogP contribution in [-0.2, 0) is 4.79 Å². The van der Waals surface area contributed by atoms with Gasteiger partial charge in [0, 0.05) is 6.54 Å². The number of rotatable bonds is 9. The Balaban J connectivity index is 4.08. The third-order valence-corrected chi connectivity index (χ3v) is 3.54. The molecule has 1 atom stereocenters. The number of hydrogen-bond acceptors (Lipinski definition) is 2. The lowest BCUT2D eigenvalue weighted by molar-refractivity contribution is -0.149. The summed E-state index contributed by atoms with van der Waals surface area (Å²) in [5.41, 5.74) is -0.577. The van der Waals surface area contributed by atoms with Gasteiger partial charge >= 0.3 is 5.97 Å². The molecular weight excluding hydrogens is 202 g/mol. The van der Waals surface area contributed by atoms with E-state index in [0.29, 0.717) is 25.3 Å². The monoisotopic (exact) mass is 229 g/mol. The molecule has 2 N–H and O–H groups in total. The molecule has 0 rings (SSSR count).